The average molecular weight is 208 g/mol. The molecule has 0 aliphatic heterocycles. The normalized spacial score (nSPS) is 12.1. The van der Waals surface area contributed by atoms with Crippen molar-refractivity contribution in [3.63, 3.8) is 0 Å². The van der Waals surface area contributed by atoms with Crippen LogP contribution >= 0.6 is 0 Å². The third-order valence-corrected chi connectivity index (χ3v) is 2.21. The molecule has 2 N–H and O–H groups in total. The number of ether oxygens (including phenoxy) is 1. The molecule has 0 saturated carbocycles. The number of carbonyl (C=O) groups is 1. The summed E-state index contributed by atoms with van der Waals surface area (Å²) in [6, 6.07) is 9.95. The Morgan fingerprint density at radius 3 is 2.67 bits per heavy atom. The van der Waals surface area contributed by atoms with Gasteiger partial charge in [-0.3, -0.25) is 0 Å². The van der Waals surface area contributed by atoms with E-state index >= 15 is 0 Å². The summed E-state index contributed by atoms with van der Waals surface area (Å²) in [5.41, 5.74) is 1.22. The third kappa shape index (κ3) is 4.13. The predicted octanol–water partition coefficient (Wildman–Crippen LogP) is 0.702. The zero-order chi connectivity index (χ0) is 11.1. The van der Waals surface area contributed by atoms with Crippen molar-refractivity contribution in [2.75, 3.05) is 6.61 Å². The van der Waals surface area contributed by atoms with Crippen molar-refractivity contribution in [1.29, 1.82) is 0 Å². The van der Waals surface area contributed by atoms with E-state index < -0.39 is 0 Å². The van der Waals surface area contributed by atoms with Gasteiger partial charge in [0.2, 0.25) is 0 Å². The smallest absolute Gasteiger partial charge is 0.364 e. The summed E-state index contributed by atoms with van der Waals surface area (Å²) in [4.78, 5) is 11.3. The quantitative estimate of drug-likeness (QED) is 0.724. The van der Waals surface area contributed by atoms with Crippen molar-refractivity contribution in [3.05, 3.63) is 35.9 Å². The van der Waals surface area contributed by atoms with E-state index in [1.54, 1.807) is 0 Å². The molecule has 15 heavy (non-hydrogen) atoms. The van der Waals surface area contributed by atoms with Crippen molar-refractivity contribution in [2.24, 2.45) is 0 Å². The molecule has 0 amide bonds. The Hall–Kier alpha value is -1.35. The first-order valence-corrected chi connectivity index (χ1v) is 5.28. The fourth-order valence-corrected chi connectivity index (χ4v) is 1.30. The van der Waals surface area contributed by atoms with E-state index in [9.17, 15) is 4.79 Å². The number of rotatable bonds is 5. The van der Waals surface area contributed by atoms with Gasteiger partial charge in [0.05, 0.1) is 6.61 Å². The lowest BCUT2D eigenvalue weighted by atomic mass is 10.2. The topological polar surface area (TPSA) is 42.9 Å². The molecule has 1 aromatic rings. The molecule has 0 aliphatic carbocycles. The molecule has 3 nitrogen and oxygen atoms in total. The standard InChI is InChI=1S/C12H17NO2/c1-3-15-12(14)10(2)13-9-11-7-5-4-6-8-11/h4-8,10,13H,3,9H2,1-2H3/p+1/t10-/m0/s1. The monoisotopic (exact) mass is 208 g/mol. The van der Waals surface area contributed by atoms with E-state index in [-0.39, 0.29) is 12.0 Å². The van der Waals surface area contributed by atoms with E-state index in [1.807, 2.05) is 49.5 Å². The largest absolute Gasteiger partial charge is 0.462 e. The van der Waals surface area contributed by atoms with Crippen molar-refractivity contribution < 1.29 is 14.8 Å². The molecule has 82 valence electrons. The van der Waals surface area contributed by atoms with E-state index in [1.165, 1.54) is 5.56 Å². The van der Waals surface area contributed by atoms with E-state index in [4.69, 9.17) is 4.74 Å². The number of hydrogen-bond donors (Lipinski definition) is 1. The second kappa shape index (κ2) is 6.19. The number of benzene rings is 1. The van der Waals surface area contributed by atoms with E-state index in [0.717, 1.165) is 6.54 Å². The van der Waals surface area contributed by atoms with Crippen LogP contribution in [0.4, 0.5) is 0 Å². The molecule has 1 aromatic carbocycles. The Labute approximate surface area is 90.4 Å². The first-order valence-electron chi connectivity index (χ1n) is 5.28. The summed E-state index contributed by atoms with van der Waals surface area (Å²) in [5, 5.41) is 1.98. The van der Waals surface area contributed by atoms with Crippen molar-refractivity contribution in [2.45, 2.75) is 26.4 Å². The molecule has 0 heterocycles. The molecule has 1 rings (SSSR count). The Bertz CT molecular complexity index is 298. The Kier molecular flexibility index (Phi) is 4.84. The Morgan fingerprint density at radius 1 is 1.40 bits per heavy atom. The van der Waals surface area contributed by atoms with Crippen LogP contribution in [0.2, 0.25) is 0 Å². The first kappa shape index (κ1) is 11.7. The summed E-state index contributed by atoms with van der Waals surface area (Å²) in [6.45, 7) is 4.94. The third-order valence-electron chi connectivity index (χ3n) is 2.21. The Morgan fingerprint density at radius 2 is 2.07 bits per heavy atom. The second-order valence-corrected chi connectivity index (χ2v) is 3.47. The maximum Gasteiger partial charge on any atom is 0.364 e. The van der Waals surface area contributed by atoms with Crippen LogP contribution in [0.3, 0.4) is 0 Å². The van der Waals surface area contributed by atoms with Gasteiger partial charge < -0.3 is 10.1 Å². The minimum absolute atomic E-state index is 0.134. The number of hydrogen-bond acceptors (Lipinski definition) is 2. The summed E-state index contributed by atoms with van der Waals surface area (Å²) in [6.07, 6.45) is 0. The highest BCUT2D eigenvalue weighted by molar-refractivity contribution is 5.73. The van der Waals surface area contributed by atoms with Gasteiger partial charge in [-0.15, -0.1) is 0 Å². The van der Waals surface area contributed by atoms with Crippen LogP contribution in [0.5, 0.6) is 0 Å². The molecular formula is C12H18NO2+. The van der Waals surface area contributed by atoms with Gasteiger partial charge in [-0.2, -0.15) is 0 Å². The summed E-state index contributed by atoms with van der Waals surface area (Å²) in [7, 11) is 0. The van der Waals surface area contributed by atoms with Crippen LogP contribution in [-0.4, -0.2) is 18.6 Å². The molecule has 0 spiro atoms. The van der Waals surface area contributed by atoms with Crippen LogP contribution in [0.25, 0.3) is 0 Å². The lowest BCUT2D eigenvalue weighted by Gasteiger charge is -2.09. The average Bonchev–Trinajstić information content (AvgIpc) is 2.27. The fraction of sp³-hybridized carbons (Fsp3) is 0.417. The predicted molar refractivity (Wildman–Crippen MR) is 58.2 cm³/mol. The lowest BCUT2D eigenvalue weighted by molar-refractivity contribution is -0.690. The maximum absolute atomic E-state index is 11.3. The molecule has 0 aliphatic rings. The van der Waals surface area contributed by atoms with Gasteiger partial charge in [0.25, 0.3) is 0 Å². The van der Waals surface area contributed by atoms with E-state index in [2.05, 4.69) is 0 Å². The molecule has 0 saturated heterocycles. The van der Waals surface area contributed by atoms with Crippen LogP contribution in [0.1, 0.15) is 19.4 Å². The highest BCUT2D eigenvalue weighted by Gasteiger charge is 2.16. The number of nitrogens with two attached hydrogens (primary N) is 1. The minimum atomic E-state index is -0.145. The molecule has 3 heteroatoms. The van der Waals surface area contributed by atoms with Gasteiger partial charge in [-0.1, -0.05) is 30.3 Å². The maximum atomic E-state index is 11.3. The van der Waals surface area contributed by atoms with Gasteiger partial charge >= 0.3 is 5.97 Å². The molecule has 1 atom stereocenters. The van der Waals surface area contributed by atoms with Crippen LogP contribution in [0, 0.1) is 0 Å². The van der Waals surface area contributed by atoms with Crippen LogP contribution < -0.4 is 5.32 Å². The highest BCUT2D eigenvalue weighted by Crippen LogP contribution is 1.94. The minimum Gasteiger partial charge on any atom is -0.462 e. The first-order chi connectivity index (χ1) is 7.24. The molecule has 0 bridgehead atoms. The number of esters is 1. The van der Waals surface area contributed by atoms with Gasteiger partial charge in [-0.25, -0.2) is 4.79 Å². The molecule has 0 aromatic heterocycles. The van der Waals surface area contributed by atoms with Crippen molar-refractivity contribution >= 4 is 5.97 Å². The fourth-order valence-electron chi connectivity index (χ4n) is 1.30. The van der Waals surface area contributed by atoms with Gasteiger partial charge in [0.1, 0.15) is 6.54 Å². The number of quaternary nitrogens is 1. The van der Waals surface area contributed by atoms with Gasteiger partial charge in [0.15, 0.2) is 6.04 Å². The van der Waals surface area contributed by atoms with Crippen molar-refractivity contribution in [3.8, 4) is 0 Å². The summed E-state index contributed by atoms with van der Waals surface area (Å²) < 4.78 is 4.92. The lowest BCUT2D eigenvalue weighted by Crippen LogP contribution is -2.89. The van der Waals surface area contributed by atoms with Crippen molar-refractivity contribution in [1.82, 2.24) is 0 Å². The van der Waals surface area contributed by atoms with Gasteiger partial charge in [0, 0.05) is 5.56 Å². The zero-order valence-electron chi connectivity index (χ0n) is 9.27. The number of carbonyl (C=O) groups excluding carboxylic acids is 1. The zero-order valence-corrected chi connectivity index (χ0v) is 9.27. The van der Waals surface area contributed by atoms with Crippen LogP contribution in [0.15, 0.2) is 30.3 Å². The molecular weight excluding hydrogens is 190 g/mol. The summed E-state index contributed by atoms with van der Waals surface area (Å²) in [5.74, 6) is -0.145. The summed E-state index contributed by atoms with van der Waals surface area (Å²) >= 11 is 0. The molecule has 0 fully saturated rings. The van der Waals surface area contributed by atoms with E-state index in [0.29, 0.717) is 6.61 Å². The van der Waals surface area contributed by atoms with Gasteiger partial charge in [-0.05, 0) is 13.8 Å². The second-order valence-electron chi connectivity index (χ2n) is 3.47. The molecule has 0 radical (unpaired) electrons. The molecule has 0 unspecified atom stereocenters. The SMILES string of the molecule is CCOC(=O)[C@H](C)[NH2+]Cc1ccccc1. The van der Waals surface area contributed by atoms with Crippen LogP contribution in [-0.2, 0) is 16.1 Å². The Balaban J connectivity index is 2.34. The highest BCUT2D eigenvalue weighted by atomic mass is 16.5.